The average molecular weight is 250 g/mol. The molecule has 5 heteroatoms. The van der Waals surface area contributed by atoms with Crippen LogP contribution in [0.2, 0.25) is 0 Å². The number of aliphatic hydroxyl groups is 1. The van der Waals surface area contributed by atoms with Gasteiger partial charge in [0.2, 0.25) is 0 Å². The van der Waals surface area contributed by atoms with Crippen molar-refractivity contribution in [1.29, 1.82) is 0 Å². The number of carbonyl (C=O) groups excluding carboxylic acids is 1. The van der Waals surface area contributed by atoms with Gasteiger partial charge in [-0.15, -0.1) is 0 Å². The van der Waals surface area contributed by atoms with E-state index < -0.39 is 6.23 Å². The van der Waals surface area contributed by atoms with Gasteiger partial charge in [0.15, 0.2) is 12.0 Å². The van der Waals surface area contributed by atoms with E-state index in [2.05, 4.69) is 5.16 Å². The quantitative estimate of drug-likeness (QED) is 0.827. The van der Waals surface area contributed by atoms with Crippen molar-refractivity contribution in [2.75, 3.05) is 4.90 Å². The molecule has 0 saturated heterocycles. The summed E-state index contributed by atoms with van der Waals surface area (Å²) in [4.78, 5) is 13.3. The van der Waals surface area contributed by atoms with Gasteiger partial charge in [0.25, 0.3) is 5.91 Å². The smallest absolute Gasteiger partial charge is 0.257 e. The molecule has 1 aliphatic rings. The predicted molar refractivity (Wildman–Crippen MR) is 67.1 cm³/mol. The fraction of sp³-hybridized carbons (Fsp3) is 0.538. The average Bonchev–Trinajstić information content (AvgIpc) is 2.81. The molecule has 1 aromatic heterocycles. The fourth-order valence-corrected chi connectivity index (χ4v) is 1.81. The lowest BCUT2D eigenvalue weighted by Gasteiger charge is -2.18. The highest BCUT2D eigenvalue weighted by molar-refractivity contribution is 6.08. The van der Waals surface area contributed by atoms with Gasteiger partial charge in [-0.2, -0.15) is 0 Å². The molecule has 0 bridgehead atoms. The first kappa shape index (κ1) is 12.8. The van der Waals surface area contributed by atoms with E-state index in [1.54, 1.807) is 19.9 Å². The summed E-state index contributed by atoms with van der Waals surface area (Å²) in [5, 5.41) is 13.9. The van der Waals surface area contributed by atoms with Crippen molar-refractivity contribution in [1.82, 2.24) is 5.16 Å². The molecule has 1 atom stereocenters. The van der Waals surface area contributed by atoms with Crippen molar-refractivity contribution in [2.24, 2.45) is 0 Å². The third-order valence-electron chi connectivity index (χ3n) is 3.25. The third kappa shape index (κ3) is 1.84. The number of hydrogen-bond acceptors (Lipinski definition) is 4. The van der Waals surface area contributed by atoms with Crippen LogP contribution >= 0.6 is 0 Å². The highest BCUT2D eigenvalue weighted by atomic mass is 16.5. The Morgan fingerprint density at radius 1 is 1.39 bits per heavy atom. The van der Waals surface area contributed by atoms with Crippen LogP contribution in [-0.4, -0.2) is 22.4 Å². The van der Waals surface area contributed by atoms with E-state index in [0.717, 1.165) is 0 Å². The van der Waals surface area contributed by atoms with Crippen LogP contribution in [0.1, 0.15) is 40.4 Å². The van der Waals surface area contributed by atoms with Gasteiger partial charge in [-0.25, -0.2) is 0 Å². The first-order chi connectivity index (χ1) is 8.23. The standard InChI is InChI=1S/C13H18N2O3/c1-7-8(2)12(17)15(11(7)16)10-6-9(18-14-10)13(3,4)5/h6,11,16H,1-5H3. The molecule has 0 saturated carbocycles. The van der Waals surface area contributed by atoms with E-state index in [1.165, 1.54) is 4.90 Å². The Kier molecular flexibility index (Phi) is 2.81. The maximum absolute atomic E-state index is 12.0. The molecule has 0 aliphatic carbocycles. The van der Waals surface area contributed by atoms with Gasteiger partial charge in [0, 0.05) is 17.1 Å². The van der Waals surface area contributed by atoms with Gasteiger partial charge >= 0.3 is 0 Å². The molecule has 1 N–H and O–H groups in total. The van der Waals surface area contributed by atoms with E-state index in [-0.39, 0.29) is 11.3 Å². The summed E-state index contributed by atoms with van der Waals surface area (Å²) in [6.07, 6.45) is -0.949. The molecule has 1 aromatic rings. The van der Waals surface area contributed by atoms with Crippen LogP contribution in [0.4, 0.5) is 5.82 Å². The van der Waals surface area contributed by atoms with E-state index in [4.69, 9.17) is 4.52 Å². The second kappa shape index (κ2) is 3.95. The van der Waals surface area contributed by atoms with Crippen molar-refractivity contribution < 1.29 is 14.4 Å². The van der Waals surface area contributed by atoms with Gasteiger partial charge < -0.3 is 9.63 Å². The van der Waals surface area contributed by atoms with Crippen LogP contribution in [0, 0.1) is 0 Å². The number of aliphatic hydroxyl groups excluding tert-OH is 1. The van der Waals surface area contributed by atoms with Crippen molar-refractivity contribution in [3.05, 3.63) is 23.0 Å². The molecule has 0 fully saturated rings. The maximum Gasteiger partial charge on any atom is 0.257 e. The first-order valence-corrected chi connectivity index (χ1v) is 5.89. The molecule has 18 heavy (non-hydrogen) atoms. The SMILES string of the molecule is CC1=C(C)C(O)N(c2cc(C(C)(C)C)on2)C1=O. The Morgan fingerprint density at radius 2 is 2.00 bits per heavy atom. The van der Waals surface area contributed by atoms with Crippen LogP contribution in [0.25, 0.3) is 0 Å². The van der Waals surface area contributed by atoms with E-state index in [1.807, 2.05) is 20.8 Å². The summed E-state index contributed by atoms with van der Waals surface area (Å²) in [6.45, 7) is 9.42. The van der Waals surface area contributed by atoms with Gasteiger partial charge in [-0.05, 0) is 19.4 Å². The van der Waals surface area contributed by atoms with Crippen LogP contribution < -0.4 is 4.90 Å². The number of aromatic nitrogens is 1. The minimum absolute atomic E-state index is 0.184. The number of anilines is 1. The molecule has 1 unspecified atom stereocenters. The summed E-state index contributed by atoms with van der Waals surface area (Å²) in [5.74, 6) is 0.807. The second-order valence-corrected chi connectivity index (χ2v) is 5.66. The molecular formula is C13H18N2O3. The summed E-state index contributed by atoms with van der Waals surface area (Å²) >= 11 is 0. The Bertz CT molecular complexity index is 523. The van der Waals surface area contributed by atoms with Crippen LogP contribution in [0.5, 0.6) is 0 Å². The van der Waals surface area contributed by atoms with E-state index in [0.29, 0.717) is 22.7 Å². The second-order valence-electron chi connectivity index (χ2n) is 5.66. The molecule has 1 amide bonds. The molecule has 0 aromatic carbocycles. The van der Waals surface area contributed by atoms with Crippen molar-refractivity contribution in [2.45, 2.75) is 46.3 Å². The van der Waals surface area contributed by atoms with Crippen molar-refractivity contribution in [3.63, 3.8) is 0 Å². The summed E-state index contributed by atoms with van der Waals surface area (Å²) < 4.78 is 5.24. The molecule has 2 heterocycles. The predicted octanol–water partition coefficient (Wildman–Crippen LogP) is 1.97. The molecule has 5 nitrogen and oxygen atoms in total. The van der Waals surface area contributed by atoms with Crippen LogP contribution in [0.15, 0.2) is 21.7 Å². The Balaban J connectivity index is 2.35. The highest BCUT2D eigenvalue weighted by Gasteiger charge is 2.37. The summed E-state index contributed by atoms with van der Waals surface area (Å²) in [5.41, 5.74) is 1.03. The van der Waals surface area contributed by atoms with Gasteiger partial charge in [-0.1, -0.05) is 25.9 Å². The minimum Gasteiger partial charge on any atom is -0.369 e. The van der Waals surface area contributed by atoms with Crippen LogP contribution in [-0.2, 0) is 10.2 Å². The number of rotatable bonds is 1. The number of amides is 1. The van der Waals surface area contributed by atoms with Crippen molar-refractivity contribution >= 4 is 11.7 Å². The van der Waals surface area contributed by atoms with E-state index in [9.17, 15) is 9.90 Å². The largest absolute Gasteiger partial charge is 0.369 e. The summed E-state index contributed by atoms with van der Waals surface area (Å²) in [6, 6.07) is 1.70. The first-order valence-electron chi connectivity index (χ1n) is 5.89. The third-order valence-corrected chi connectivity index (χ3v) is 3.25. The molecule has 0 spiro atoms. The molecule has 0 radical (unpaired) electrons. The molecule has 1 aliphatic heterocycles. The normalized spacial score (nSPS) is 21.1. The van der Waals surface area contributed by atoms with E-state index >= 15 is 0 Å². The van der Waals surface area contributed by atoms with Gasteiger partial charge in [-0.3, -0.25) is 9.69 Å². The molecule has 98 valence electrons. The van der Waals surface area contributed by atoms with Crippen molar-refractivity contribution in [3.8, 4) is 0 Å². The van der Waals surface area contributed by atoms with Gasteiger partial charge in [0.05, 0.1) is 0 Å². The summed E-state index contributed by atoms with van der Waals surface area (Å²) in [7, 11) is 0. The molecule has 2 rings (SSSR count). The number of hydrogen-bond donors (Lipinski definition) is 1. The number of carbonyl (C=O) groups is 1. The van der Waals surface area contributed by atoms with Crippen LogP contribution in [0.3, 0.4) is 0 Å². The molecular weight excluding hydrogens is 232 g/mol. The maximum atomic E-state index is 12.0. The Morgan fingerprint density at radius 3 is 2.39 bits per heavy atom. The fourth-order valence-electron chi connectivity index (χ4n) is 1.81. The lowest BCUT2D eigenvalue weighted by Crippen LogP contribution is -2.35. The Labute approximate surface area is 106 Å². The zero-order valence-electron chi connectivity index (χ0n) is 11.3. The number of nitrogens with zero attached hydrogens (tertiary/aromatic N) is 2. The lowest BCUT2D eigenvalue weighted by molar-refractivity contribution is -0.115. The topological polar surface area (TPSA) is 66.6 Å². The Hall–Kier alpha value is -1.62. The zero-order valence-corrected chi connectivity index (χ0v) is 11.3. The van der Waals surface area contributed by atoms with Gasteiger partial charge in [0.1, 0.15) is 5.76 Å². The lowest BCUT2D eigenvalue weighted by atomic mass is 9.93. The highest BCUT2D eigenvalue weighted by Crippen LogP contribution is 2.32. The minimum atomic E-state index is -0.949. The zero-order chi connectivity index (χ0) is 13.7. The monoisotopic (exact) mass is 250 g/mol.